The van der Waals surface area contributed by atoms with Gasteiger partial charge in [-0.15, -0.1) is 0 Å². The van der Waals surface area contributed by atoms with Crippen molar-refractivity contribution < 1.29 is 17.9 Å². The largest absolute Gasteiger partial charge is 0.494 e. The number of rotatable bonds is 10. The van der Waals surface area contributed by atoms with Gasteiger partial charge in [0.25, 0.3) is 5.91 Å². The van der Waals surface area contributed by atoms with E-state index >= 15 is 0 Å². The summed E-state index contributed by atoms with van der Waals surface area (Å²) in [5.74, 6) is 0.392. The topological polar surface area (TPSA) is 88.1 Å². The van der Waals surface area contributed by atoms with Crippen LogP contribution < -0.4 is 14.5 Å². The monoisotopic (exact) mass is 465 g/mol. The fourth-order valence-electron chi connectivity index (χ4n) is 3.03. The Balaban J connectivity index is 1.63. The molecule has 7 nitrogen and oxygen atoms in total. The van der Waals surface area contributed by atoms with Crippen LogP contribution in [0, 0.1) is 0 Å². The minimum absolute atomic E-state index is 0.206. The minimum Gasteiger partial charge on any atom is -0.494 e. The highest BCUT2D eigenvalue weighted by atomic mass is 32.2. The predicted octanol–water partition coefficient (Wildman–Crippen LogP) is 4.21. The Morgan fingerprint density at radius 1 is 1.00 bits per heavy atom. The zero-order valence-electron chi connectivity index (χ0n) is 18.6. The number of hydrazone groups is 1. The van der Waals surface area contributed by atoms with Crippen molar-refractivity contribution in [3.8, 4) is 5.75 Å². The molecule has 0 aromatic heterocycles. The van der Waals surface area contributed by atoms with Crippen LogP contribution in [0.5, 0.6) is 5.75 Å². The lowest BCUT2D eigenvalue weighted by Crippen LogP contribution is -2.29. The third-order valence-corrected chi connectivity index (χ3v) is 5.86. The van der Waals surface area contributed by atoms with Crippen molar-refractivity contribution in [3.63, 3.8) is 0 Å². The summed E-state index contributed by atoms with van der Waals surface area (Å²) in [6, 6.07) is 23.1. The zero-order chi connectivity index (χ0) is 23.7. The summed E-state index contributed by atoms with van der Waals surface area (Å²) in [5.41, 5.74) is 5.01. The highest BCUT2D eigenvalue weighted by Gasteiger charge is 2.18. The summed E-state index contributed by atoms with van der Waals surface area (Å²) in [4.78, 5) is 12.4. The summed E-state index contributed by atoms with van der Waals surface area (Å²) in [5, 5.41) is 3.99. The van der Waals surface area contributed by atoms with Crippen LogP contribution in [-0.4, -0.2) is 33.4 Å². The first-order chi connectivity index (χ1) is 15.9. The number of nitrogens with zero attached hydrogens (tertiary/aromatic N) is 2. The Kier molecular flexibility index (Phi) is 8.21. The third kappa shape index (κ3) is 7.18. The fourth-order valence-corrected chi connectivity index (χ4v) is 3.92. The number of benzene rings is 3. The Hall–Kier alpha value is -3.65. The van der Waals surface area contributed by atoms with Gasteiger partial charge in [-0.1, -0.05) is 37.3 Å². The average molecular weight is 466 g/mol. The number of anilines is 1. The number of ether oxygens (including phenoxy) is 1. The maximum Gasteiger partial charge on any atom is 0.271 e. The van der Waals surface area contributed by atoms with Crippen molar-refractivity contribution in [2.24, 2.45) is 5.10 Å². The molecule has 172 valence electrons. The SMILES string of the molecule is CCCOc1ccc(/C=N\NC(=O)c2ccc(N(Cc3ccccc3)S(C)(=O)=O)cc2)cc1. The Labute approximate surface area is 194 Å². The molecular weight excluding hydrogens is 438 g/mol. The molecule has 0 spiro atoms. The zero-order valence-corrected chi connectivity index (χ0v) is 19.5. The van der Waals surface area contributed by atoms with Gasteiger partial charge in [0, 0.05) is 5.56 Å². The van der Waals surface area contributed by atoms with Gasteiger partial charge in [0.15, 0.2) is 0 Å². The molecule has 0 unspecified atom stereocenters. The van der Waals surface area contributed by atoms with Crippen molar-refractivity contribution in [1.29, 1.82) is 0 Å². The molecule has 0 saturated heterocycles. The number of hydrogen-bond donors (Lipinski definition) is 1. The van der Waals surface area contributed by atoms with Gasteiger partial charge in [-0.25, -0.2) is 13.8 Å². The second-order valence-corrected chi connectivity index (χ2v) is 9.33. The summed E-state index contributed by atoms with van der Waals surface area (Å²) >= 11 is 0. The standard InChI is InChI=1S/C25H27N3O4S/c1-3-17-32-24-15-9-20(10-16-24)18-26-27-25(29)22-11-13-23(14-12-22)28(33(2,30)31)19-21-7-5-4-6-8-21/h4-16,18H,3,17,19H2,1-2H3,(H,27,29)/b26-18-. The van der Waals surface area contributed by atoms with E-state index in [1.54, 1.807) is 30.5 Å². The summed E-state index contributed by atoms with van der Waals surface area (Å²) in [7, 11) is -3.50. The highest BCUT2D eigenvalue weighted by Crippen LogP contribution is 2.21. The predicted molar refractivity (Wildman–Crippen MR) is 131 cm³/mol. The van der Waals surface area contributed by atoms with Gasteiger partial charge in [0.05, 0.1) is 31.3 Å². The Morgan fingerprint density at radius 2 is 1.67 bits per heavy atom. The number of sulfonamides is 1. The van der Waals surface area contributed by atoms with Gasteiger partial charge in [-0.05, 0) is 66.1 Å². The van der Waals surface area contributed by atoms with Crippen molar-refractivity contribution >= 4 is 27.8 Å². The molecule has 8 heteroatoms. The van der Waals surface area contributed by atoms with Crippen LogP contribution in [0.3, 0.4) is 0 Å². The number of nitrogens with one attached hydrogen (secondary N) is 1. The molecule has 1 amide bonds. The normalized spacial score (nSPS) is 11.3. The van der Waals surface area contributed by atoms with Gasteiger partial charge in [-0.3, -0.25) is 9.10 Å². The van der Waals surface area contributed by atoms with Gasteiger partial charge in [0.2, 0.25) is 10.0 Å². The molecule has 0 heterocycles. The van der Waals surface area contributed by atoms with E-state index in [4.69, 9.17) is 4.74 Å². The second kappa shape index (κ2) is 11.3. The molecule has 0 atom stereocenters. The number of carbonyl (C=O) groups excluding carboxylic acids is 1. The summed E-state index contributed by atoms with van der Waals surface area (Å²) in [6.45, 7) is 2.91. The summed E-state index contributed by atoms with van der Waals surface area (Å²) in [6.07, 6.45) is 3.64. The van der Waals surface area contributed by atoms with E-state index in [0.717, 1.165) is 29.6 Å². The fraction of sp³-hybridized carbons (Fsp3) is 0.200. The average Bonchev–Trinajstić information content (AvgIpc) is 2.82. The van der Waals surface area contributed by atoms with Crippen molar-refractivity contribution in [3.05, 3.63) is 95.6 Å². The number of carbonyl (C=O) groups is 1. The Bertz CT molecular complexity index is 1180. The van der Waals surface area contributed by atoms with Crippen LogP contribution in [0.15, 0.2) is 84.0 Å². The van der Waals surface area contributed by atoms with E-state index in [0.29, 0.717) is 17.9 Å². The van der Waals surface area contributed by atoms with Crippen LogP contribution in [-0.2, 0) is 16.6 Å². The molecule has 0 fully saturated rings. The van der Waals surface area contributed by atoms with Gasteiger partial charge in [-0.2, -0.15) is 5.10 Å². The molecule has 0 saturated carbocycles. The van der Waals surface area contributed by atoms with E-state index in [1.807, 2.05) is 61.5 Å². The van der Waals surface area contributed by atoms with Crippen molar-refractivity contribution in [1.82, 2.24) is 5.43 Å². The first-order valence-electron chi connectivity index (χ1n) is 10.5. The molecule has 0 aliphatic carbocycles. The second-order valence-electron chi connectivity index (χ2n) is 7.42. The minimum atomic E-state index is -3.50. The lowest BCUT2D eigenvalue weighted by atomic mass is 10.2. The van der Waals surface area contributed by atoms with Gasteiger partial charge >= 0.3 is 0 Å². The molecule has 0 radical (unpaired) electrons. The third-order valence-electron chi connectivity index (χ3n) is 4.72. The van der Waals surface area contributed by atoms with E-state index in [1.165, 1.54) is 4.31 Å². The van der Waals surface area contributed by atoms with E-state index in [-0.39, 0.29) is 6.54 Å². The Morgan fingerprint density at radius 3 is 2.27 bits per heavy atom. The maximum absolute atomic E-state index is 12.4. The molecule has 33 heavy (non-hydrogen) atoms. The van der Waals surface area contributed by atoms with E-state index in [2.05, 4.69) is 10.5 Å². The van der Waals surface area contributed by atoms with Crippen molar-refractivity contribution in [2.75, 3.05) is 17.2 Å². The molecule has 0 aliphatic heterocycles. The van der Waals surface area contributed by atoms with Crippen LogP contribution in [0.2, 0.25) is 0 Å². The number of hydrogen-bond acceptors (Lipinski definition) is 5. The first-order valence-corrected chi connectivity index (χ1v) is 12.4. The smallest absolute Gasteiger partial charge is 0.271 e. The molecular formula is C25H27N3O4S. The van der Waals surface area contributed by atoms with Crippen LogP contribution >= 0.6 is 0 Å². The quantitative estimate of drug-likeness (QED) is 0.359. The van der Waals surface area contributed by atoms with Crippen LogP contribution in [0.4, 0.5) is 5.69 Å². The van der Waals surface area contributed by atoms with E-state index < -0.39 is 15.9 Å². The molecule has 0 aliphatic rings. The molecule has 3 aromatic rings. The molecule has 3 rings (SSSR count). The molecule has 3 aromatic carbocycles. The highest BCUT2D eigenvalue weighted by molar-refractivity contribution is 7.92. The first kappa shape index (κ1) is 24.0. The lowest BCUT2D eigenvalue weighted by Gasteiger charge is -2.22. The molecule has 0 bridgehead atoms. The van der Waals surface area contributed by atoms with Crippen molar-refractivity contribution in [2.45, 2.75) is 19.9 Å². The van der Waals surface area contributed by atoms with Gasteiger partial charge in [0.1, 0.15) is 5.75 Å². The number of amides is 1. The maximum atomic E-state index is 12.4. The molecule has 1 N–H and O–H groups in total. The lowest BCUT2D eigenvalue weighted by molar-refractivity contribution is 0.0955. The summed E-state index contributed by atoms with van der Waals surface area (Å²) < 4.78 is 31.5. The van der Waals surface area contributed by atoms with Crippen LogP contribution in [0.25, 0.3) is 0 Å². The van der Waals surface area contributed by atoms with E-state index in [9.17, 15) is 13.2 Å². The van der Waals surface area contributed by atoms with Gasteiger partial charge < -0.3 is 4.74 Å². The van der Waals surface area contributed by atoms with Crippen LogP contribution in [0.1, 0.15) is 34.8 Å².